The van der Waals surface area contributed by atoms with E-state index in [1.807, 2.05) is 60.7 Å². The number of hydrogen-bond donors (Lipinski definition) is 1. The molecule has 1 aliphatic heterocycles. The SMILES string of the molecule is O=C(NCc1ccc(Oc2ccccc2)nc1)[C@@H]1COc2ccccc2C1. The number of ether oxygens (including phenoxy) is 2. The van der Waals surface area contributed by atoms with Gasteiger partial charge in [0.25, 0.3) is 0 Å². The van der Waals surface area contributed by atoms with Gasteiger partial charge in [0, 0.05) is 18.8 Å². The van der Waals surface area contributed by atoms with E-state index in [4.69, 9.17) is 9.47 Å². The minimum Gasteiger partial charge on any atom is -0.492 e. The van der Waals surface area contributed by atoms with Gasteiger partial charge in [0.2, 0.25) is 11.8 Å². The van der Waals surface area contributed by atoms with Gasteiger partial charge in [0.05, 0.1) is 5.92 Å². The summed E-state index contributed by atoms with van der Waals surface area (Å²) in [6.45, 7) is 0.834. The molecule has 0 saturated carbocycles. The molecule has 136 valence electrons. The quantitative estimate of drug-likeness (QED) is 0.753. The van der Waals surface area contributed by atoms with Gasteiger partial charge in [-0.2, -0.15) is 0 Å². The van der Waals surface area contributed by atoms with Crippen LogP contribution in [0.5, 0.6) is 17.4 Å². The molecule has 3 aromatic rings. The minimum absolute atomic E-state index is 0.00545. The van der Waals surface area contributed by atoms with E-state index in [1.165, 1.54) is 0 Å². The van der Waals surface area contributed by atoms with Gasteiger partial charge in [-0.1, -0.05) is 42.5 Å². The Hall–Kier alpha value is -3.34. The monoisotopic (exact) mass is 360 g/mol. The van der Waals surface area contributed by atoms with Crippen molar-refractivity contribution in [2.24, 2.45) is 5.92 Å². The largest absolute Gasteiger partial charge is 0.492 e. The number of aromatic nitrogens is 1. The van der Waals surface area contributed by atoms with E-state index >= 15 is 0 Å². The summed E-state index contributed by atoms with van der Waals surface area (Å²) in [5.74, 6) is 1.96. The lowest BCUT2D eigenvalue weighted by molar-refractivity contribution is -0.126. The summed E-state index contributed by atoms with van der Waals surface area (Å²) in [6.07, 6.45) is 2.41. The summed E-state index contributed by atoms with van der Waals surface area (Å²) in [7, 11) is 0. The molecule has 0 aliphatic carbocycles. The maximum absolute atomic E-state index is 12.5. The van der Waals surface area contributed by atoms with Crippen LogP contribution in [0.2, 0.25) is 0 Å². The topological polar surface area (TPSA) is 60.5 Å². The van der Waals surface area contributed by atoms with Crippen LogP contribution in [0.3, 0.4) is 0 Å². The molecule has 0 bridgehead atoms. The predicted octanol–water partition coefficient (Wildman–Crippen LogP) is 3.74. The average Bonchev–Trinajstić information content (AvgIpc) is 2.73. The van der Waals surface area contributed by atoms with Crippen LogP contribution in [-0.4, -0.2) is 17.5 Å². The molecule has 1 atom stereocenters. The first-order chi connectivity index (χ1) is 13.3. The number of rotatable bonds is 5. The van der Waals surface area contributed by atoms with E-state index in [0.717, 1.165) is 22.6 Å². The van der Waals surface area contributed by atoms with Crippen molar-refractivity contribution < 1.29 is 14.3 Å². The molecular weight excluding hydrogens is 340 g/mol. The smallest absolute Gasteiger partial charge is 0.227 e. The van der Waals surface area contributed by atoms with Crippen molar-refractivity contribution in [1.29, 1.82) is 0 Å². The molecule has 5 heteroatoms. The van der Waals surface area contributed by atoms with Gasteiger partial charge in [0.15, 0.2) is 0 Å². The van der Waals surface area contributed by atoms with Gasteiger partial charge in [-0.05, 0) is 35.7 Å². The first-order valence-corrected chi connectivity index (χ1v) is 8.94. The number of carbonyl (C=O) groups is 1. The molecule has 1 N–H and O–H groups in total. The summed E-state index contributed by atoms with van der Waals surface area (Å²) in [6, 6.07) is 21.1. The molecule has 1 aromatic heterocycles. The number of carbonyl (C=O) groups excluding carboxylic acids is 1. The van der Waals surface area contributed by atoms with Crippen molar-refractivity contribution in [3.05, 3.63) is 84.1 Å². The third-order valence-corrected chi connectivity index (χ3v) is 4.48. The molecule has 2 aromatic carbocycles. The second-order valence-electron chi connectivity index (χ2n) is 6.46. The Balaban J connectivity index is 1.30. The fourth-order valence-electron chi connectivity index (χ4n) is 3.02. The van der Waals surface area contributed by atoms with Crippen LogP contribution in [0.4, 0.5) is 0 Å². The third-order valence-electron chi connectivity index (χ3n) is 4.48. The Morgan fingerprint density at radius 3 is 2.70 bits per heavy atom. The molecule has 0 radical (unpaired) electrons. The highest BCUT2D eigenvalue weighted by Crippen LogP contribution is 2.27. The highest BCUT2D eigenvalue weighted by Gasteiger charge is 2.25. The van der Waals surface area contributed by atoms with Crippen molar-refractivity contribution >= 4 is 5.91 Å². The van der Waals surface area contributed by atoms with E-state index in [9.17, 15) is 4.79 Å². The van der Waals surface area contributed by atoms with Crippen molar-refractivity contribution in [3.8, 4) is 17.4 Å². The number of fused-ring (bicyclic) bond motifs is 1. The molecule has 0 fully saturated rings. The molecule has 0 saturated heterocycles. The van der Waals surface area contributed by atoms with E-state index in [-0.39, 0.29) is 11.8 Å². The summed E-state index contributed by atoms with van der Waals surface area (Å²) >= 11 is 0. The number of amides is 1. The molecule has 5 nitrogen and oxygen atoms in total. The van der Waals surface area contributed by atoms with E-state index in [0.29, 0.717) is 25.5 Å². The van der Waals surface area contributed by atoms with E-state index < -0.39 is 0 Å². The lowest BCUT2D eigenvalue weighted by atomic mass is 9.96. The zero-order valence-corrected chi connectivity index (χ0v) is 14.8. The maximum atomic E-state index is 12.5. The number of para-hydroxylation sites is 2. The molecule has 1 aliphatic rings. The van der Waals surface area contributed by atoms with Crippen LogP contribution in [0, 0.1) is 5.92 Å². The highest BCUT2D eigenvalue weighted by atomic mass is 16.5. The lowest BCUT2D eigenvalue weighted by Crippen LogP contribution is -2.37. The molecule has 0 spiro atoms. The lowest BCUT2D eigenvalue weighted by Gasteiger charge is -2.24. The Morgan fingerprint density at radius 2 is 1.89 bits per heavy atom. The molecule has 2 heterocycles. The van der Waals surface area contributed by atoms with Gasteiger partial charge >= 0.3 is 0 Å². The molecular formula is C22H20N2O3. The summed E-state index contributed by atoms with van der Waals surface area (Å²) in [4.78, 5) is 16.7. The van der Waals surface area contributed by atoms with Gasteiger partial charge in [-0.15, -0.1) is 0 Å². The van der Waals surface area contributed by atoms with Crippen LogP contribution < -0.4 is 14.8 Å². The fourth-order valence-corrected chi connectivity index (χ4v) is 3.02. The molecule has 1 amide bonds. The first kappa shape index (κ1) is 17.1. The summed E-state index contributed by atoms with van der Waals surface area (Å²) < 4.78 is 11.4. The van der Waals surface area contributed by atoms with Crippen molar-refractivity contribution in [2.45, 2.75) is 13.0 Å². The van der Waals surface area contributed by atoms with Gasteiger partial charge in [-0.3, -0.25) is 4.79 Å². The Bertz CT molecular complexity index is 910. The van der Waals surface area contributed by atoms with Crippen molar-refractivity contribution in [2.75, 3.05) is 6.61 Å². The van der Waals surface area contributed by atoms with Gasteiger partial charge < -0.3 is 14.8 Å². The predicted molar refractivity (Wildman–Crippen MR) is 102 cm³/mol. The van der Waals surface area contributed by atoms with Crippen molar-refractivity contribution in [1.82, 2.24) is 10.3 Å². The molecule has 4 rings (SSSR count). The Labute approximate surface area is 158 Å². The number of nitrogens with zero attached hydrogens (tertiary/aromatic N) is 1. The minimum atomic E-state index is -0.173. The highest BCUT2D eigenvalue weighted by molar-refractivity contribution is 5.79. The number of nitrogens with one attached hydrogen (secondary N) is 1. The standard InChI is InChI=1S/C22H20N2O3/c25-22(18-12-17-6-4-5-9-20(17)26-15-18)24-14-16-10-11-21(23-13-16)27-19-7-2-1-3-8-19/h1-11,13,18H,12,14-15H2,(H,24,25)/t18-/m0/s1. The van der Waals surface area contributed by atoms with Crippen LogP contribution in [0.1, 0.15) is 11.1 Å². The number of benzene rings is 2. The van der Waals surface area contributed by atoms with Crippen molar-refractivity contribution in [3.63, 3.8) is 0 Å². The van der Waals surface area contributed by atoms with Crippen LogP contribution in [0.25, 0.3) is 0 Å². The first-order valence-electron chi connectivity index (χ1n) is 8.94. The second kappa shape index (κ2) is 7.91. The van der Waals surface area contributed by atoms with Crippen LogP contribution in [-0.2, 0) is 17.8 Å². The van der Waals surface area contributed by atoms with E-state index in [1.54, 1.807) is 12.3 Å². The molecule has 0 unspecified atom stereocenters. The Kier molecular flexibility index (Phi) is 5.01. The second-order valence-corrected chi connectivity index (χ2v) is 6.46. The average molecular weight is 360 g/mol. The fraction of sp³-hybridized carbons (Fsp3) is 0.182. The maximum Gasteiger partial charge on any atom is 0.227 e. The Morgan fingerprint density at radius 1 is 1.07 bits per heavy atom. The summed E-state index contributed by atoms with van der Waals surface area (Å²) in [5, 5.41) is 2.97. The van der Waals surface area contributed by atoms with Crippen LogP contribution in [0.15, 0.2) is 72.9 Å². The summed E-state index contributed by atoms with van der Waals surface area (Å²) in [5.41, 5.74) is 1.99. The third kappa shape index (κ3) is 4.26. The zero-order valence-electron chi connectivity index (χ0n) is 14.8. The van der Waals surface area contributed by atoms with Gasteiger partial charge in [0.1, 0.15) is 18.1 Å². The number of hydrogen-bond acceptors (Lipinski definition) is 4. The zero-order chi connectivity index (χ0) is 18.5. The van der Waals surface area contributed by atoms with Gasteiger partial charge in [-0.25, -0.2) is 4.98 Å². The number of pyridine rings is 1. The van der Waals surface area contributed by atoms with Crippen LogP contribution >= 0.6 is 0 Å². The normalized spacial score (nSPS) is 15.3. The molecule has 27 heavy (non-hydrogen) atoms. The van der Waals surface area contributed by atoms with E-state index in [2.05, 4.69) is 10.3 Å².